The molecule has 33 heavy (non-hydrogen) atoms. The summed E-state index contributed by atoms with van der Waals surface area (Å²) < 4.78 is 9.58. The summed E-state index contributed by atoms with van der Waals surface area (Å²) in [7, 11) is 0. The van der Waals surface area contributed by atoms with E-state index in [0.29, 0.717) is 11.1 Å². The molecule has 0 amide bonds. The summed E-state index contributed by atoms with van der Waals surface area (Å²) >= 11 is 0. The van der Waals surface area contributed by atoms with Gasteiger partial charge in [-0.05, 0) is 24.3 Å². The van der Waals surface area contributed by atoms with E-state index in [0.717, 1.165) is 12.2 Å². The summed E-state index contributed by atoms with van der Waals surface area (Å²) in [6, 6.07) is 17.7. The van der Waals surface area contributed by atoms with E-state index in [9.17, 15) is 24.6 Å². The van der Waals surface area contributed by atoms with Gasteiger partial charge in [0.2, 0.25) is 0 Å². The number of phenolic OH excluding ortho intramolecular Hbond substituents is 2. The number of carbonyl (C=O) groups excluding carboxylic acids is 2. The molecule has 3 rings (SSSR count). The van der Waals surface area contributed by atoms with Crippen molar-refractivity contribution in [1.29, 1.82) is 0 Å². The fourth-order valence-corrected chi connectivity index (χ4v) is 2.56. The SMILES string of the molecule is C=CC(=O)Oc1cccc(C(=O)O)c1OC(=O)C=C.Oc1ccccc1-c1ccccc1O. The van der Waals surface area contributed by atoms with Crippen LogP contribution in [0.1, 0.15) is 10.4 Å². The van der Waals surface area contributed by atoms with Crippen LogP contribution >= 0.6 is 0 Å². The fraction of sp³-hybridized carbons (Fsp3) is 0. The summed E-state index contributed by atoms with van der Waals surface area (Å²) in [5, 5.41) is 28.1. The van der Waals surface area contributed by atoms with Gasteiger partial charge in [-0.1, -0.05) is 55.6 Å². The molecule has 0 aliphatic rings. The maximum absolute atomic E-state index is 11.2. The molecule has 168 valence electrons. The molecular formula is C25H20O8. The van der Waals surface area contributed by atoms with Gasteiger partial charge in [0.25, 0.3) is 0 Å². The predicted octanol–water partition coefficient (Wildman–Crippen LogP) is 4.33. The number of aromatic hydroxyl groups is 2. The lowest BCUT2D eigenvalue weighted by Crippen LogP contribution is -2.12. The van der Waals surface area contributed by atoms with Gasteiger partial charge in [-0.15, -0.1) is 0 Å². The Kier molecular flexibility index (Phi) is 8.52. The molecule has 0 fully saturated rings. The van der Waals surface area contributed by atoms with Gasteiger partial charge >= 0.3 is 17.9 Å². The highest BCUT2D eigenvalue weighted by Gasteiger charge is 2.20. The summed E-state index contributed by atoms with van der Waals surface area (Å²) in [6.45, 7) is 6.40. The Hall–Kier alpha value is -4.85. The number of carboxylic acids is 1. The Morgan fingerprint density at radius 1 is 0.697 bits per heavy atom. The van der Waals surface area contributed by atoms with Crippen molar-refractivity contribution in [2.75, 3.05) is 0 Å². The number of para-hydroxylation sites is 3. The van der Waals surface area contributed by atoms with Crippen LogP contribution in [0.4, 0.5) is 0 Å². The quantitative estimate of drug-likeness (QED) is 0.289. The first-order valence-corrected chi connectivity index (χ1v) is 9.39. The van der Waals surface area contributed by atoms with Crippen LogP contribution in [0.3, 0.4) is 0 Å². The molecule has 8 nitrogen and oxygen atoms in total. The lowest BCUT2D eigenvalue weighted by atomic mass is 10.0. The first-order valence-electron chi connectivity index (χ1n) is 9.39. The number of phenols is 2. The van der Waals surface area contributed by atoms with Crippen LogP contribution in [0.5, 0.6) is 23.0 Å². The Morgan fingerprint density at radius 3 is 1.64 bits per heavy atom. The van der Waals surface area contributed by atoms with Crippen LogP contribution in [0.15, 0.2) is 92.0 Å². The lowest BCUT2D eigenvalue weighted by Gasteiger charge is -2.10. The topological polar surface area (TPSA) is 130 Å². The number of esters is 2. The smallest absolute Gasteiger partial charge is 0.339 e. The minimum absolute atomic E-state index is 0.175. The van der Waals surface area contributed by atoms with Gasteiger partial charge in [0.15, 0.2) is 11.5 Å². The van der Waals surface area contributed by atoms with Crippen molar-refractivity contribution in [1.82, 2.24) is 0 Å². The molecule has 0 radical (unpaired) electrons. The highest BCUT2D eigenvalue weighted by molar-refractivity contribution is 5.95. The van der Waals surface area contributed by atoms with Crippen LogP contribution in [0, 0.1) is 0 Å². The van der Waals surface area contributed by atoms with Gasteiger partial charge in [-0.3, -0.25) is 0 Å². The number of carbonyl (C=O) groups is 3. The lowest BCUT2D eigenvalue weighted by molar-refractivity contribution is -0.131. The number of rotatable bonds is 6. The summed E-state index contributed by atoms with van der Waals surface area (Å²) in [5.41, 5.74) is 0.973. The van der Waals surface area contributed by atoms with Gasteiger partial charge in [-0.25, -0.2) is 14.4 Å². The van der Waals surface area contributed by atoms with Gasteiger partial charge in [0, 0.05) is 23.3 Å². The van der Waals surface area contributed by atoms with Crippen LogP contribution in [0.25, 0.3) is 11.1 Å². The molecule has 8 heteroatoms. The molecular weight excluding hydrogens is 428 g/mol. The van der Waals surface area contributed by atoms with E-state index in [1.807, 2.05) is 12.1 Å². The number of benzene rings is 3. The minimum Gasteiger partial charge on any atom is -0.507 e. The molecule has 0 saturated heterocycles. The van der Waals surface area contributed by atoms with E-state index in [2.05, 4.69) is 13.2 Å². The van der Waals surface area contributed by atoms with Gasteiger partial charge in [0.05, 0.1) is 0 Å². The van der Waals surface area contributed by atoms with Gasteiger partial charge in [0.1, 0.15) is 17.1 Å². The summed E-state index contributed by atoms with van der Waals surface area (Å²) in [5.74, 6) is -3.22. The first kappa shape index (κ1) is 24.4. The zero-order valence-corrected chi connectivity index (χ0v) is 17.3. The summed E-state index contributed by atoms with van der Waals surface area (Å²) in [4.78, 5) is 33.3. The third-order valence-corrected chi connectivity index (χ3v) is 4.05. The second-order valence-electron chi connectivity index (χ2n) is 6.22. The van der Waals surface area contributed by atoms with Gasteiger partial charge in [-0.2, -0.15) is 0 Å². The molecule has 0 heterocycles. The monoisotopic (exact) mass is 448 g/mol. The van der Waals surface area contributed by atoms with E-state index >= 15 is 0 Å². The molecule has 0 spiro atoms. The maximum atomic E-state index is 11.2. The van der Waals surface area contributed by atoms with Crippen molar-refractivity contribution in [3.05, 3.63) is 97.6 Å². The molecule has 0 bridgehead atoms. The normalized spacial score (nSPS) is 9.58. The molecule has 0 aromatic heterocycles. The Bertz CT molecular complexity index is 1150. The van der Waals surface area contributed by atoms with E-state index in [1.54, 1.807) is 36.4 Å². The highest BCUT2D eigenvalue weighted by Crippen LogP contribution is 2.34. The van der Waals surface area contributed by atoms with Crippen molar-refractivity contribution >= 4 is 17.9 Å². The molecule has 0 aliphatic carbocycles. The Balaban J connectivity index is 0.000000243. The van der Waals surface area contributed by atoms with Crippen molar-refractivity contribution in [3.8, 4) is 34.1 Å². The fourth-order valence-electron chi connectivity index (χ4n) is 2.56. The molecule has 0 aliphatic heterocycles. The van der Waals surface area contributed by atoms with Crippen molar-refractivity contribution in [3.63, 3.8) is 0 Å². The number of hydrogen-bond acceptors (Lipinski definition) is 7. The van der Waals surface area contributed by atoms with Gasteiger partial charge < -0.3 is 24.8 Å². The van der Waals surface area contributed by atoms with Crippen LogP contribution < -0.4 is 9.47 Å². The maximum Gasteiger partial charge on any atom is 0.339 e. The molecule has 3 N–H and O–H groups in total. The Morgan fingerprint density at radius 2 is 1.18 bits per heavy atom. The van der Waals surface area contributed by atoms with Crippen LogP contribution in [-0.4, -0.2) is 33.2 Å². The first-order chi connectivity index (χ1) is 15.8. The number of carboxylic acid groups (broad SMARTS) is 1. The number of aromatic carboxylic acids is 1. The van der Waals surface area contributed by atoms with E-state index in [4.69, 9.17) is 14.6 Å². The largest absolute Gasteiger partial charge is 0.507 e. The molecule has 3 aromatic rings. The van der Waals surface area contributed by atoms with Crippen molar-refractivity contribution in [2.45, 2.75) is 0 Å². The third-order valence-electron chi connectivity index (χ3n) is 4.05. The van der Waals surface area contributed by atoms with E-state index < -0.39 is 17.9 Å². The predicted molar refractivity (Wildman–Crippen MR) is 120 cm³/mol. The standard InChI is InChI=1S/C13H10O6.C12H10O2/c1-3-10(14)18-9-7-5-6-8(13(16)17)12(9)19-11(15)4-2;13-11-7-3-1-5-9(11)10-6-2-4-8-12(10)14/h3-7H,1-2H2,(H,16,17);1-8,13-14H. The third kappa shape index (κ3) is 6.56. The van der Waals surface area contributed by atoms with Crippen LogP contribution in [-0.2, 0) is 9.59 Å². The molecule has 0 saturated carbocycles. The second kappa shape index (κ2) is 11.5. The molecule has 0 unspecified atom stereocenters. The van der Waals surface area contributed by atoms with E-state index in [-0.39, 0.29) is 28.6 Å². The second-order valence-corrected chi connectivity index (χ2v) is 6.22. The van der Waals surface area contributed by atoms with Crippen molar-refractivity contribution in [2.24, 2.45) is 0 Å². The Labute approximate surface area is 189 Å². The molecule has 3 aromatic carbocycles. The number of ether oxygens (including phenoxy) is 2. The number of hydrogen-bond donors (Lipinski definition) is 3. The summed E-state index contributed by atoms with van der Waals surface area (Å²) in [6.07, 6.45) is 1.75. The van der Waals surface area contributed by atoms with E-state index in [1.165, 1.54) is 18.2 Å². The zero-order chi connectivity index (χ0) is 24.4. The van der Waals surface area contributed by atoms with Crippen molar-refractivity contribution < 1.29 is 39.2 Å². The highest BCUT2D eigenvalue weighted by atomic mass is 16.6. The van der Waals surface area contributed by atoms with Crippen LogP contribution in [0.2, 0.25) is 0 Å². The molecule has 0 atom stereocenters. The minimum atomic E-state index is -1.33. The average molecular weight is 448 g/mol. The zero-order valence-electron chi connectivity index (χ0n) is 17.3. The average Bonchev–Trinajstić information content (AvgIpc) is 2.81.